The molecule has 2 N–H and O–H groups in total. The van der Waals surface area contributed by atoms with E-state index in [0.717, 1.165) is 25.5 Å². The van der Waals surface area contributed by atoms with E-state index in [4.69, 9.17) is 9.47 Å². The van der Waals surface area contributed by atoms with Gasteiger partial charge in [0.1, 0.15) is 23.2 Å². The van der Waals surface area contributed by atoms with Crippen molar-refractivity contribution in [3.8, 4) is 5.75 Å². The minimum Gasteiger partial charge on any atom is -0.487 e. The van der Waals surface area contributed by atoms with Crippen molar-refractivity contribution in [2.24, 2.45) is 5.92 Å². The van der Waals surface area contributed by atoms with Crippen molar-refractivity contribution in [3.63, 3.8) is 0 Å². The van der Waals surface area contributed by atoms with Gasteiger partial charge >= 0.3 is 6.18 Å². The van der Waals surface area contributed by atoms with Gasteiger partial charge in [-0.15, -0.1) is 0 Å². The summed E-state index contributed by atoms with van der Waals surface area (Å²) in [5.41, 5.74) is -0.268. The van der Waals surface area contributed by atoms with Gasteiger partial charge < -0.3 is 20.1 Å². The van der Waals surface area contributed by atoms with Crippen molar-refractivity contribution >= 4 is 17.6 Å². The average Bonchev–Trinajstić information content (AvgIpc) is 3.42. The molecule has 3 aliphatic heterocycles. The molecule has 2 saturated heterocycles. The number of aryl methyl sites for hydroxylation is 1. The minimum absolute atomic E-state index is 0.0205. The summed E-state index contributed by atoms with van der Waals surface area (Å²) < 4.78 is 69.2. The van der Waals surface area contributed by atoms with Gasteiger partial charge in [-0.1, -0.05) is 0 Å². The number of nitrogens with one attached hydrogen (secondary N) is 2. The number of halogens is 4. The Kier molecular flexibility index (Phi) is 5.51. The molecule has 2 aromatic heterocycles. The van der Waals surface area contributed by atoms with Gasteiger partial charge in [0, 0.05) is 31.2 Å². The zero-order valence-corrected chi connectivity index (χ0v) is 19.2. The fraction of sp³-hybridized carbons (Fsp3) is 0.682. The van der Waals surface area contributed by atoms with Crippen LogP contribution < -0.4 is 15.4 Å². The van der Waals surface area contributed by atoms with Crippen LogP contribution in [-0.4, -0.2) is 75.8 Å². The van der Waals surface area contributed by atoms with Gasteiger partial charge in [-0.3, -0.25) is 4.90 Å². The molecule has 6 rings (SSSR count). The zero-order valence-electron chi connectivity index (χ0n) is 19.2. The van der Waals surface area contributed by atoms with Gasteiger partial charge in [0.2, 0.25) is 5.95 Å². The Morgan fingerprint density at radius 1 is 1.14 bits per heavy atom. The molecule has 4 atom stereocenters. The van der Waals surface area contributed by atoms with E-state index < -0.39 is 30.0 Å². The largest absolute Gasteiger partial charge is 0.487 e. The standard InChI is InChI=1S/C22H27F4N7O2/c1-11-18-20(33(31-11)13-3-2-4-13)30-21-27-5-14(22(24,25)26)19(29-21)28-16-7-32(6-12(16)8-35-18)17-10-34-9-15(17)23/h5,12-13,15-17H,2-4,6-10H2,1H3,(H2,27,28,29,30). The molecular formula is C22H27F4N7O2. The van der Waals surface area contributed by atoms with Crippen LogP contribution in [0.25, 0.3) is 0 Å². The first-order chi connectivity index (χ1) is 16.8. The summed E-state index contributed by atoms with van der Waals surface area (Å²) >= 11 is 0. The number of rotatable bonds is 2. The first kappa shape index (κ1) is 22.8. The monoisotopic (exact) mass is 497 g/mol. The number of hydrogen-bond donors (Lipinski definition) is 2. The van der Waals surface area contributed by atoms with E-state index in [9.17, 15) is 17.6 Å². The van der Waals surface area contributed by atoms with Crippen LogP contribution in [0.15, 0.2) is 6.20 Å². The maximum absolute atomic E-state index is 14.4. The third-order valence-corrected chi connectivity index (χ3v) is 7.46. The van der Waals surface area contributed by atoms with E-state index in [1.54, 1.807) is 0 Å². The lowest BCUT2D eigenvalue weighted by Gasteiger charge is -2.27. The van der Waals surface area contributed by atoms with Crippen molar-refractivity contribution < 1.29 is 27.0 Å². The summed E-state index contributed by atoms with van der Waals surface area (Å²) in [6, 6.07) is -0.680. The van der Waals surface area contributed by atoms with Crippen molar-refractivity contribution in [3.05, 3.63) is 17.5 Å². The molecule has 1 aliphatic carbocycles. The summed E-state index contributed by atoms with van der Waals surface area (Å²) in [7, 11) is 0. The number of hydrogen-bond acceptors (Lipinski definition) is 8. The second-order valence-corrected chi connectivity index (χ2v) is 9.77. The zero-order chi connectivity index (χ0) is 24.3. The Morgan fingerprint density at radius 2 is 1.97 bits per heavy atom. The van der Waals surface area contributed by atoms with Crippen molar-refractivity contribution in [1.82, 2.24) is 24.6 Å². The Morgan fingerprint density at radius 3 is 2.66 bits per heavy atom. The van der Waals surface area contributed by atoms with Crippen LogP contribution in [0.5, 0.6) is 5.75 Å². The Balaban J connectivity index is 1.40. The second kappa shape index (κ2) is 8.47. The van der Waals surface area contributed by atoms with E-state index in [-0.39, 0.29) is 43.5 Å². The smallest absolute Gasteiger partial charge is 0.421 e. The Labute approximate surface area is 199 Å². The molecule has 5 heterocycles. The fourth-order valence-corrected chi connectivity index (χ4v) is 5.31. The molecule has 9 nitrogen and oxygen atoms in total. The number of fused-ring (bicyclic) bond motifs is 4. The number of aromatic nitrogens is 4. The summed E-state index contributed by atoms with van der Waals surface area (Å²) in [5, 5.41) is 10.7. The van der Waals surface area contributed by atoms with E-state index in [0.29, 0.717) is 30.4 Å². The molecule has 35 heavy (non-hydrogen) atoms. The van der Waals surface area contributed by atoms with Gasteiger partial charge in [0.25, 0.3) is 0 Å². The van der Waals surface area contributed by atoms with Crippen molar-refractivity contribution in [2.75, 3.05) is 43.5 Å². The first-order valence-electron chi connectivity index (χ1n) is 11.9. The van der Waals surface area contributed by atoms with Crippen LogP contribution in [0, 0.1) is 12.8 Å². The van der Waals surface area contributed by atoms with E-state index in [1.807, 2.05) is 16.5 Å². The molecule has 0 amide bonds. The van der Waals surface area contributed by atoms with Crippen molar-refractivity contribution in [2.45, 2.75) is 56.7 Å². The molecule has 0 aromatic carbocycles. The van der Waals surface area contributed by atoms with E-state index >= 15 is 0 Å². The molecular weight excluding hydrogens is 470 g/mol. The Hall–Kier alpha value is -2.67. The Bertz CT molecular complexity index is 1110. The van der Waals surface area contributed by atoms with Crippen LogP contribution in [0.2, 0.25) is 0 Å². The summed E-state index contributed by atoms with van der Waals surface area (Å²) in [6.07, 6.45) is -1.97. The molecule has 2 aromatic rings. The number of likely N-dealkylation sites (tertiary alicyclic amines) is 1. The molecule has 13 heteroatoms. The highest BCUT2D eigenvalue weighted by Gasteiger charge is 2.44. The molecule has 4 aliphatic rings. The van der Waals surface area contributed by atoms with Crippen LogP contribution in [0.1, 0.15) is 36.6 Å². The van der Waals surface area contributed by atoms with Gasteiger partial charge in [-0.25, -0.2) is 14.1 Å². The first-order valence-corrected chi connectivity index (χ1v) is 11.9. The van der Waals surface area contributed by atoms with Crippen molar-refractivity contribution in [1.29, 1.82) is 0 Å². The van der Waals surface area contributed by atoms with Crippen LogP contribution >= 0.6 is 0 Å². The lowest BCUT2D eigenvalue weighted by molar-refractivity contribution is -0.137. The minimum atomic E-state index is -4.63. The quantitative estimate of drug-likeness (QED) is 0.611. The third-order valence-electron chi connectivity index (χ3n) is 7.46. The van der Waals surface area contributed by atoms with Crippen LogP contribution in [-0.2, 0) is 10.9 Å². The normalized spacial score (nSPS) is 29.3. The molecule has 1 saturated carbocycles. The molecule has 4 unspecified atom stereocenters. The topological polar surface area (TPSA) is 89.4 Å². The summed E-state index contributed by atoms with van der Waals surface area (Å²) in [4.78, 5) is 10.1. The summed E-state index contributed by atoms with van der Waals surface area (Å²) in [5.74, 6) is 0.584. The van der Waals surface area contributed by atoms with Gasteiger partial charge in [0.05, 0.1) is 31.9 Å². The number of alkyl halides is 4. The highest BCUT2D eigenvalue weighted by molar-refractivity contribution is 5.62. The van der Waals surface area contributed by atoms with Gasteiger partial charge in [-0.05, 0) is 26.2 Å². The molecule has 2 bridgehead atoms. The van der Waals surface area contributed by atoms with Gasteiger partial charge in [-0.2, -0.15) is 23.3 Å². The van der Waals surface area contributed by atoms with Crippen LogP contribution in [0.4, 0.5) is 35.1 Å². The highest BCUT2D eigenvalue weighted by atomic mass is 19.4. The lowest BCUT2D eigenvalue weighted by atomic mass is 9.93. The predicted octanol–water partition coefficient (Wildman–Crippen LogP) is 3.31. The summed E-state index contributed by atoms with van der Waals surface area (Å²) in [6.45, 7) is 3.17. The van der Waals surface area contributed by atoms with E-state index in [1.165, 1.54) is 0 Å². The molecule has 0 radical (unpaired) electrons. The molecule has 190 valence electrons. The third kappa shape index (κ3) is 4.07. The average molecular weight is 497 g/mol. The maximum Gasteiger partial charge on any atom is 0.421 e. The lowest BCUT2D eigenvalue weighted by Crippen LogP contribution is -2.41. The fourth-order valence-electron chi connectivity index (χ4n) is 5.31. The SMILES string of the molecule is Cc1nn(C2CCC2)c2c1OCC1CN(C3COCC3F)CC1Nc1nc(ncc1C(F)(F)F)N2. The predicted molar refractivity (Wildman–Crippen MR) is 118 cm³/mol. The number of ether oxygens (including phenoxy) is 2. The molecule has 0 spiro atoms. The maximum atomic E-state index is 14.4. The highest BCUT2D eigenvalue weighted by Crippen LogP contribution is 2.42. The second-order valence-electron chi connectivity index (χ2n) is 9.77. The van der Waals surface area contributed by atoms with Gasteiger partial charge in [0.15, 0.2) is 11.6 Å². The van der Waals surface area contributed by atoms with E-state index in [2.05, 4.69) is 25.7 Å². The number of anilines is 3. The molecule has 3 fully saturated rings. The number of nitrogens with zero attached hydrogens (tertiary/aromatic N) is 5. The van der Waals surface area contributed by atoms with Crippen LogP contribution in [0.3, 0.4) is 0 Å².